The molecule has 0 bridgehead atoms. The molecule has 0 radical (unpaired) electrons. The number of carbonyl (C=O) groups is 2. The average Bonchev–Trinajstić information content (AvgIpc) is 3.19. The maximum atomic E-state index is 12.6. The number of rotatable bonds is 5. The molecule has 1 atom stereocenters. The van der Waals surface area contributed by atoms with Gasteiger partial charge in [0.05, 0.1) is 16.2 Å². The predicted octanol–water partition coefficient (Wildman–Crippen LogP) is 2.61. The highest BCUT2D eigenvalue weighted by Crippen LogP contribution is 2.29. The van der Waals surface area contributed by atoms with Crippen molar-refractivity contribution in [3.63, 3.8) is 0 Å². The predicted molar refractivity (Wildman–Crippen MR) is 99.8 cm³/mol. The zero-order chi connectivity index (χ0) is 19.4. The molecule has 2 aliphatic heterocycles. The molecule has 27 heavy (non-hydrogen) atoms. The molecule has 0 spiro atoms. The first kappa shape index (κ1) is 19.1. The minimum atomic E-state index is -0.695. The van der Waals surface area contributed by atoms with Crippen LogP contribution in [0.3, 0.4) is 0 Å². The molecule has 2 heterocycles. The van der Waals surface area contributed by atoms with E-state index >= 15 is 0 Å². The van der Waals surface area contributed by atoms with Crippen LogP contribution in [0.4, 0.5) is 11.4 Å². The lowest BCUT2D eigenvalue weighted by atomic mass is 10.0. The van der Waals surface area contributed by atoms with E-state index in [9.17, 15) is 19.7 Å². The first-order valence-corrected chi connectivity index (χ1v) is 9.44. The molecule has 0 aromatic heterocycles. The summed E-state index contributed by atoms with van der Waals surface area (Å²) < 4.78 is 5.23. The first-order chi connectivity index (χ1) is 13.0. The van der Waals surface area contributed by atoms with Crippen molar-refractivity contribution in [2.45, 2.75) is 32.6 Å². The smallest absolute Gasteiger partial charge is 0.341 e. The number of ether oxygens (including phenoxy) is 1. The van der Waals surface area contributed by atoms with Crippen molar-refractivity contribution in [2.75, 3.05) is 37.7 Å². The van der Waals surface area contributed by atoms with E-state index < -0.39 is 10.9 Å². The van der Waals surface area contributed by atoms with Crippen LogP contribution in [0.1, 0.15) is 43.0 Å². The van der Waals surface area contributed by atoms with E-state index in [0.29, 0.717) is 24.7 Å². The van der Waals surface area contributed by atoms with Crippen molar-refractivity contribution in [1.29, 1.82) is 0 Å². The number of piperidine rings is 1. The number of non-ortho nitro benzene ring substituents is 1. The summed E-state index contributed by atoms with van der Waals surface area (Å²) in [5.41, 5.74) is 0.606. The minimum Gasteiger partial charge on any atom is -0.452 e. The summed E-state index contributed by atoms with van der Waals surface area (Å²) in [5, 5.41) is 11.1. The number of nitrogens with zero attached hydrogens (tertiary/aromatic N) is 3. The van der Waals surface area contributed by atoms with E-state index in [-0.39, 0.29) is 23.8 Å². The SMILES string of the molecule is C[C@@H]1CCCN(C(=O)COC(=O)c2cc([N+](=O)[O-])ccc2N2CCCC2)C1. The number of amides is 1. The van der Waals surface area contributed by atoms with Crippen molar-refractivity contribution in [3.05, 3.63) is 33.9 Å². The van der Waals surface area contributed by atoms with E-state index in [0.717, 1.165) is 38.8 Å². The summed E-state index contributed by atoms with van der Waals surface area (Å²) >= 11 is 0. The van der Waals surface area contributed by atoms with Crippen molar-refractivity contribution in [2.24, 2.45) is 5.92 Å². The number of hydrogen-bond donors (Lipinski definition) is 0. The lowest BCUT2D eigenvalue weighted by Crippen LogP contribution is -2.41. The molecule has 2 aliphatic rings. The van der Waals surface area contributed by atoms with Gasteiger partial charge < -0.3 is 14.5 Å². The highest BCUT2D eigenvalue weighted by molar-refractivity contribution is 5.97. The standard InChI is InChI=1S/C19H25N3O5/c1-14-5-4-10-21(12-14)18(23)13-27-19(24)16-11-15(22(25)26)6-7-17(16)20-8-2-3-9-20/h6-7,11,14H,2-5,8-10,12-13H2,1H3/t14-/m1/s1. The molecule has 146 valence electrons. The average molecular weight is 375 g/mol. The fourth-order valence-corrected chi connectivity index (χ4v) is 3.75. The van der Waals surface area contributed by atoms with Gasteiger partial charge in [-0.15, -0.1) is 0 Å². The molecule has 2 fully saturated rings. The van der Waals surface area contributed by atoms with Gasteiger partial charge >= 0.3 is 5.97 Å². The zero-order valence-electron chi connectivity index (χ0n) is 15.6. The molecule has 1 aromatic carbocycles. The van der Waals surface area contributed by atoms with Crippen LogP contribution in [-0.2, 0) is 9.53 Å². The third-order valence-corrected chi connectivity index (χ3v) is 5.19. The number of likely N-dealkylation sites (tertiary alicyclic amines) is 1. The summed E-state index contributed by atoms with van der Waals surface area (Å²) in [4.78, 5) is 39.2. The van der Waals surface area contributed by atoms with Gasteiger partial charge in [-0.1, -0.05) is 6.92 Å². The van der Waals surface area contributed by atoms with Crippen LogP contribution in [0.25, 0.3) is 0 Å². The van der Waals surface area contributed by atoms with E-state index in [4.69, 9.17) is 4.74 Å². The molecule has 8 heteroatoms. The molecule has 0 aliphatic carbocycles. The lowest BCUT2D eigenvalue weighted by Gasteiger charge is -2.30. The van der Waals surface area contributed by atoms with Crippen LogP contribution in [0, 0.1) is 16.0 Å². The summed E-state index contributed by atoms with van der Waals surface area (Å²) in [6.07, 6.45) is 4.06. The van der Waals surface area contributed by atoms with E-state index in [1.165, 1.54) is 12.1 Å². The number of nitro benzene ring substituents is 1. The van der Waals surface area contributed by atoms with Gasteiger partial charge in [0.15, 0.2) is 6.61 Å². The van der Waals surface area contributed by atoms with Gasteiger partial charge in [-0.25, -0.2) is 4.79 Å². The second-order valence-corrected chi connectivity index (χ2v) is 7.32. The van der Waals surface area contributed by atoms with E-state index in [1.54, 1.807) is 11.0 Å². The second-order valence-electron chi connectivity index (χ2n) is 7.32. The second kappa shape index (κ2) is 8.37. The molecule has 2 saturated heterocycles. The Labute approximate surface area is 158 Å². The van der Waals surface area contributed by atoms with Crippen LogP contribution in [0.2, 0.25) is 0 Å². The molecule has 0 N–H and O–H groups in total. The number of hydrogen-bond acceptors (Lipinski definition) is 6. The van der Waals surface area contributed by atoms with E-state index in [2.05, 4.69) is 6.92 Å². The van der Waals surface area contributed by atoms with E-state index in [1.807, 2.05) is 4.90 Å². The topological polar surface area (TPSA) is 93.0 Å². The van der Waals surface area contributed by atoms with Crippen molar-refractivity contribution < 1.29 is 19.2 Å². The van der Waals surface area contributed by atoms with Gasteiger partial charge in [-0.2, -0.15) is 0 Å². The number of anilines is 1. The molecular weight excluding hydrogens is 350 g/mol. The number of esters is 1. The fourth-order valence-electron chi connectivity index (χ4n) is 3.75. The number of carbonyl (C=O) groups excluding carboxylic acids is 2. The van der Waals surface area contributed by atoms with Gasteiger partial charge in [-0.3, -0.25) is 14.9 Å². The van der Waals surface area contributed by atoms with Crippen LogP contribution in [0.5, 0.6) is 0 Å². The molecule has 0 saturated carbocycles. The Kier molecular flexibility index (Phi) is 5.93. The summed E-state index contributed by atoms with van der Waals surface area (Å²) in [7, 11) is 0. The molecule has 0 unspecified atom stereocenters. The Morgan fingerprint density at radius 3 is 2.63 bits per heavy atom. The maximum absolute atomic E-state index is 12.6. The van der Waals surface area contributed by atoms with Crippen LogP contribution < -0.4 is 4.90 Å². The van der Waals surface area contributed by atoms with Crippen LogP contribution >= 0.6 is 0 Å². The van der Waals surface area contributed by atoms with Crippen molar-refractivity contribution >= 4 is 23.3 Å². The van der Waals surface area contributed by atoms with Crippen LogP contribution in [-0.4, -0.2) is 54.5 Å². The Balaban J connectivity index is 1.71. The fraction of sp³-hybridized carbons (Fsp3) is 0.579. The minimum absolute atomic E-state index is 0.144. The summed E-state index contributed by atoms with van der Waals surface area (Å²) in [5.74, 6) is -0.473. The first-order valence-electron chi connectivity index (χ1n) is 9.44. The molecule has 8 nitrogen and oxygen atoms in total. The molecule has 3 rings (SSSR count). The Hall–Kier alpha value is -2.64. The number of nitro groups is 1. The normalized spacial score (nSPS) is 19.8. The van der Waals surface area contributed by atoms with Gasteiger partial charge in [0.2, 0.25) is 0 Å². The van der Waals surface area contributed by atoms with Crippen LogP contribution in [0.15, 0.2) is 18.2 Å². The quantitative estimate of drug-likeness (QED) is 0.446. The Morgan fingerprint density at radius 2 is 1.96 bits per heavy atom. The summed E-state index contributed by atoms with van der Waals surface area (Å²) in [6, 6.07) is 4.22. The Morgan fingerprint density at radius 1 is 1.22 bits per heavy atom. The highest BCUT2D eigenvalue weighted by Gasteiger charge is 2.26. The zero-order valence-corrected chi connectivity index (χ0v) is 15.6. The van der Waals surface area contributed by atoms with Crippen molar-refractivity contribution in [1.82, 2.24) is 4.90 Å². The number of benzene rings is 1. The third kappa shape index (κ3) is 4.56. The largest absolute Gasteiger partial charge is 0.452 e. The molecule has 1 amide bonds. The molecule has 1 aromatic rings. The van der Waals surface area contributed by atoms with Gasteiger partial charge in [0.25, 0.3) is 11.6 Å². The highest BCUT2D eigenvalue weighted by atomic mass is 16.6. The third-order valence-electron chi connectivity index (χ3n) is 5.19. The lowest BCUT2D eigenvalue weighted by molar-refractivity contribution is -0.384. The maximum Gasteiger partial charge on any atom is 0.341 e. The van der Waals surface area contributed by atoms with Gasteiger partial charge in [-0.05, 0) is 37.7 Å². The Bertz CT molecular complexity index is 730. The van der Waals surface area contributed by atoms with Gasteiger partial charge in [0.1, 0.15) is 0 Å². The van der Waals surface area contributed by atoms with Crippen molar-refractivity contribution in [3.8, 4) is 0 Å². The van der Waals surface area contributed by atoms with Gasteiger partial charge in [0, 0.05) is 38.3 Å². The monoisotopic (exact) mass is 375 g/mol. The summed E-state index contributed by atoms with van der Waals surface area (Å²) in [6.45, 7) is 4.69. The molecular formula is C19H25N3O5.